The number of carbonyl (C=O) groups is 1. The SMILES string of the molecule is COC(=O)CS(=O)(=O)N(C)Cc1csc(Br)c1. The number of sulfonamides is 1. The number of thiophene rings is 1. The lowest BCUT2D eigenvalue weighted by Gasteiger charge is -2.15. The Bertz CT molecular complexity index is 497. The molecule has 17 heavy (non-hydrogen) atoms. The highest BCUT2D eigenvalue weighted by Crippen LogP contribution is 2.22. The van der Waals surface area contributed by atoms with Gasteiger partial charge >= 0.3 is 5.97 Å². The highest BCUT2D eigenvalue weighted by molar-refractivity contribution is 9.11. The third-order valence-corrected chi connectivity index (χ3v) is 5.26. The van der Waals surface area contributed by atoms with E-state index in [0.717, 1.165) is 20.8 Å². The fraction of sp³-hybridized carbons (Fsp3) is 0.444. The molecule has 0 amide bonds. The maximum Gasteiger partial charge on any atom is 0.322 e. The second-order valence-electron chi connectivity index (χ2n) is 3.35. The minimum atomic E-state index is -3.61. The summed E-state index contributed by atoms with van der Waals surface area (Å²) in [5.41, 5.74) is 0.873. The third-order valence-electron chi connectivity index (χ3n) is 2.03. The first-order valence-corrected chi connectivity index (χ1v) is 7.87. The van der Waals surface area contributed by atoms with E-state index in [0.29, 0.717) is 0 Å². The van der Waals surface area contributed by atoms with Gasteiger partial charge in [-0.15, -0.1) is 11.3 Å². The van der Waals surface area contributed by atoms with Crippen LogP contribution in [-0.2, 0) is 26.1 Å². The summed E-state index contributed by atoms with van der Waals surface area (Å²) in [6.07, 6.45) is 0. The van der Waals surface area contributed by atoms with Gasteiger partial charge in [0.05, 0.1) is 10.9 Å². The topological polar surface area (TPSA) is 63.7 Å². The van der Waals surface area contributed by atoms with Crippen LogP contribution in [0.25, 0.3) is 0 Å². The van der Waals surface area contributed by atoms with E-state index in [2.05, 4.69) is 20.7 Å². The van der Waals surface area contributed by atoms with Gasteiger partial charge in [0.2, 0.25) is 10.0 Å². The Morgan fingerprint density at radius 2 is 2.24 bits per heavy atom. The number of carbonyl (C=O) groups excluding carboxylic acids is 1. The highest BCUT2D eigenvalue weighted by atomic mass is 79.9. The number of hydrogen-bond donors (Lipinski definition) is 0. The monoisotopic (exact) mass is 341 g/mol. The van der Waals surface area contributed by atoms with Gasteiger partial charge in [0.1, 0.15) is 0 Å². The average molecular weight is 342 g/mol. The summed E-state index contributed by atoms with van der Waals surface area (Å²) in [6.45, 7) is 0.238. The van der Waals surface area contributed by atoms with Gasteiger partial charge in [-0.1, -0.05) is 0 Å². The molecule has 0 atom stereocenters. The van der Waals surface area contributed by atoms with Crippen molar-refractivity contribution in [2.75, 3.05) is 19.9 Å². The smallest absolute Gasteiger partial charge is 0.322 e. The van der Waals surface area contributed by atoms with Crippen molar-refractivity contribution in [3.05, 3.63) is 20.8 Å². The van der Waals surface area contributed by atoms with Gasteiger partial charge in [-0.3, -0.25) is 4.79 Å². The minimum Gasteiger partial charge on any atom is -0.468 e. The van der Waals surface area contributed by atoms with Crippen molar-refractivity contribution < 1.29 is 17.9 Å². The second kappa shape index (κ2) is 5.94. The van der Waals surface area contributed by atoms with Crippen LogP contribution in [0.1, 0.15) is 5.56 Å². The predicted octanol–water partition coefficient (Wildman–Crippen LogP) is 1.45. The van der Waals surface area contributed by atoms with Crippen molar-refractivity contribution in [2.24, 2.45) is 0 Å². The fourth-order valence-electron chi connectivity index (χ4n) is 1.10. The molecule has 0 N–H and O–H groups in total. The van der Waals surface area contributed by atoms with Crippen LogP contribution in [0.4, 0.5) is 0 Å². The molecule has 0 saturated heterocycles. The van der Waals surface area contributed by atoms with Crippen molar-refractivity contribution >= 4 is 43.3 Å². The van der Waals surface area contributed by atoms with Gasteiger partial charge in [-0.2, -0.15) is 0 Å². The van der Waals surface area contributed by atoms with E-state index in [1.807, 2.05) is 11.4 Å². The van der Waals surface area contributed by atoms with Crippen LogP contribution in [0.3, 0.4) is 0 Å². The summed E-state index contributed by atoms with van der Waals surface area (Å²) in [5.74, 6) is -1.39. The summed E-state index contributed by atoms with van der Waals surface area (Å²) < 4.78 is 29.9. The Morgan fingerprint density at radius 1 is 1.59 bits per heavy atom. The van der Waals surface area contributed by atoms with E-state index in [9.17, 15) is 13.2 Å². The Labute approximate surface area is 113 Å². The van der Waals surface area contributed by atoms with E-state index < -0.39 is 21.7 Å². The molecule has 0 aliphatic heterocycles. The van der Waals surface area contributed by atoms with Crippen LogP contribution in [0.2, 0.25) is 0 Å². The molecule has 1 aromatic heterocycles. The molecule has 96 valence electrons. The molecular formula is C9H12BrNO4S2. The summed E-state index contributed by atoms with van der Waals surface area (Å²) in [6, 6.07) is 1.84. The van der Waals surface area contributed by atoms with Gasteiger partial charge in [0, 0.05) is 13.6 Å². The molecular weight excluding hydrogens is 330 g/mol. The molecule has 1 rings (SSSR count). The number of methoxy groups -OCH3 is 1. The van der Waals surface area contributed by atoms with Crippen molar-refractivity contribution in [2.45, 2.75) is 6.54 Å². The van der Waals surface area contributed by atoms with E-state index in [1.54, 1.807) is 0 Å². The van der Waals surface area contributed by atoms with E-state index >= 15 is 0 Å². The third kappa shape index (κ3) is 4.38. The van der Waals surface area contributed by atoms with Crippen molar-refractivity contribution in [3.63, 3.8) is 0 Å². The number of nitrogens with zero attached hydrogens (tertiary/aromatic N) is 1. The lowest BCUT2D eigenvalue weighted by atomic mass is 10.3. The molecule has 5 nitrogen and oxygen atoms in total. The molecule has 0 spiro atoms. The zero-order valence-corrected chi connectivity index (χ0v) is 12.6. The molecule has 0 aliphatic rings. The molecule has 0 radical (unpaired) electrons. The van der Waals surface area contributed by atoms with Gasteiger partial charge in [0.25, 0.3) is 0 Å². The second-order valence-corrected chi connectivity index (χ2v) is 7.71. The number of hydrogen-bond acceptors (Lipinski definition) is 5. The van der Waals surface area contributed by atoms with Crippen LogP contribution in [0.15, 0.2) is 15.2 Å². The number of esters is 1. The summed E-state index contributed by atoms with van der Waals surface area (Å²) in [5, 5.41) is 1.86. The van der Waals surface area contributed by atoms with Crippen molar-refractivity contribution in [3.8, 4) is 0 Å². The minimum absolute atomic E-state index is 0.238. The summed E-state index contributed by atoms with van der Waals surface area (Å²) in [4.78, 5) is 11.0. The largest absolute Gasteiger partial charge is 0.468 e. The first-order chi connectivity index (χ1) is 7.85. The zero-order valence-electron chi connectivity index (χ0n) is 9.34. The average Bonchev–Trinajstić information content (AvgIpc) is 2.63. The Balaban J connectivity index is 2.69. The van der Waals surface area contributed by atoms with Crippen LogP contribution in [0.5, 0.6) is 0 Å². The van der Waals surface area contributed by atoms with E-state index in [1.165, 1.54) is 18.4 Å². The van der Waals surface area contributed by atoms with Crippen LogP contribution < -0.4 is 0 Å². The van der Waals surface area contributed by atoms with Gasteiger partial charge in [0.15, 0.2) is 5.75 Å². The number of ether oxygens (including phenoxy) is 1. The molecule has 0 fully saturated rings. The molecule has 0 saturated carbocycles. The molecule has 0 unspecified atom stereocenters. The molecule has 1 aromatic rings. The Morgan fingerprint density at radius 3 is 2.71 bits per heavy atom. The lowest BCUT2D eigenvalue weighted by molar-refractivity contribution is -0.137. The summed E-state index contributed by atoms with van der Waals surface area (Å²) in [7, 11) is -1.02. The quantitative estimate of drug-likeness (QED) is 0.760. The highest BCUT2D eigenvalue weighted by Gasteiger charge is 2.22. The number of rotatable bonds is 5. The summed E-state index contributed by atoms with van der Waals surface area (Å²) >= 11 is 4.78. The zero-order chi connectivity index (χ0) is 13.1. The van der Waals surface area contributed by atoms with Crippen LogP contribution in [0, 0.1) is 0 Å². The van der Waals surface area contributed by atoms with Gasteiger partial charge in [-0.25, -0.2) is 12.7 Å². The molecule has 1 heterocycles. The van der Waals surface area contributed by atoms with E-state index in [-0.39, 0.29) is 6.54 Å². The van der Waals surface area contributed by atoms with Gasteiger partial charge in [-0.05, 0) is 32.9 Å². The predicted molar refractivity (Wildman–Crippen MR) is 69.3 cm³/mol. The van der Waals surface area contributed by atoms with Crippen LogP contribution in [-0.4, -0.2) is 38.6 Å². The number of halogens is 1. The molecule has 0 aromatic carbocycles. The lowest BCUT2D eigenvalue weighted by Crippen LogP contribution is -2.32. The fourth-order valence-corrected chi connectivity index (χ4v) is 3.28. The molecule has 8 heteroatoms. The maximum atomic E-state index is 11.7. The van der Waals surface area contributed by atoms with Crippen molar-refractivity contribution in [1.29, 1.82) is 0 Å². The van der Waals surface area contributed by atoms with Crippen molar-refractivity contribution in [1.82, 2.24) is 4.31 Å². The van der Waals surface area contributed by atoms with Gasteiger partial charge < -0.3 is 4.74 Å². The first-order valence-electron chi connectivity index (χ1n) is 4.59. The van der Waals surface area contributed by atoms with Crippen LogP contribution >= 0.6 is 27.3 Å². The molecule has 0 aliphatic carbocycles. The normalized spacial score (nSPS) is 11.8. The van der Waals surface area contributed by atoms with E-state index in [4.69, 9.17) is 0 Å². The Hall–Kier alpha value is -0.440. The maximum absolute atomic E-state index is 11.7. The standard InChI is InChI=1S/C9H12BrNO4S2/c1-11(4-7-3-8(10)16-5-7)17(13,14)6-9(12)15-2/h3,5H,4,6H2,1-2H3. The first kappa shape index (κ1) is 14.6. The Kier molecular flexibility index (Phi) is 5.11. The molecule has 0 bridgehead atoms.